The lowest BCUT2D eigenvalue weighted by molar-refractivity contribution is -0.137. The minimum atomic E-state index is -4.53. The maximum absolute atomic E-state index is 12.5. The smallest absolute Gasteiger partial charge is 0.398 e. The van der Waals surface area contributed by atoms with Gasteiger partial charge in [0.1, 0.15) is 0 Å². The van der Waals surface area contributed by atoms with Gasteiger partial charge in [-0.2, -0.15) is 13.2 Å². The van der Waals surface area contributed by atoms with Crippen LogP contribution < -0.4 is 5.73 Å². The molecule has 1 aromatic carbocycles. The second-order valence-electron chi connectivity index (χ2n) is 2.62. The van der Waals surface area contributed by atoms with Gasteiger partial charge in [0.2, 0.25) is 0 Å². The summed E-state index contributed by atoms with van der Waals surface area (Å²) in [6.07, 6.45) is -4.53. The number of halogens is 5. The van der Waals surface area contributed by atoms with Crippen molar-refractivity contribution in [3.8, 4) is 0 Å². The lowest BCUT2D eigenvalue weighted by atomic mass is 10.1. The molecule has 0 aliphatic carbocycles. The average Bonchev–Trinajstić information content (AvgIpc) is 2.06. The number of anilines is 1. The van der Waals surface area contributed by atoms with Crippen molar-refractivity contribution in [2.24, 2.45) is 0 Å². The summed E-state index contributed by atoms with van der Waals surface area (Å²) in [6, 6.07) is 2.41. The zero-order valence-corrected chi connectivity index (χ0v) is 8.34. The van der Waals surface area contributed by atoms with E-state index in [4.69, 9.17) is 28.9 Å². The standard InChI is InChI=1S/C8H6Cl2F3N/c9-3-4-5(10)1-2-6(14)7(4)8(11,12)13/h1-2H,3,14H2. The molecule has 1 aromatic rings. The summed E-state index contributed by atoms with van der Waals surface area (Å²) < 4.78 is 37.4. The molecule has 0 amide bonds. The summed E-state index contributed by atoms with van der Waals surface area (Å²) in [5.74, 6) is -0.321. The van der Waals surface area contributed by atoms with E-state index in [1.165, 1.54) is 6.07 Å². The van der Waals surface area contributed by atoms with Crippen LogP contribution in [0.25, 0.3) is 0 Å². The molecule has 0 saturated heterocycles. The summed E-state index contributed by atoms with van der Waals surface area (Å²) in [5.41, 5.74) is 3.73. The van der Waals surface area contributed by atoms with Crippen molar-refractivity contribution in [2.45, 2.75) is 12.1 Å². The quantitative estimate of drug-likeness (QED) is 0.591. The highest BCUT2D eigenvalue weighted by molar-refractivity contribution is 6.32. The molecule has 78 valence electrons. The van der Waals surface area contributed by atoms with Gasteiger partial charge in [-0.05, 0) is 17.7 Å². The van der Waals surface area contributed by atoms with Gasteiger partial charge in [0.15, 0.2) is 0 Å². The third kappa shape index (κ3) is 2.07. The van der Waals surface area contributed by atoms with Gasteiger partial charge in [0, 0.05) is 16.6 Å². The SMILES string of the molecule is Nc1ccc(Cl)c(CCl)c1C(F)(F)F. The molecule has 2 N–H and O–H groups in total. The molecule has 1 nitrogen and oxygen atoms in total. The molecule has 6 heteroatoms. The largest absolute Gasteiger partial charge is 0.418 e. The maximum atomic E-state index is 12.5. The van der Waals surface area contributed by atoms with Gasteiger partial charge in [-0.25, -0.2) is 0 Å². The molecule has 0 radical (unpaired) electrons. The van der Waals surface area contributed by atoms with E-state index in [1.54, 1.807) is 0 Å². The summed E-state index contributed by atoms with van der Waals surface area (Å²) in [5, 5.41) is -0.0264. The first-order valence-electron chi connectivity index (χ1n) is 3.58. The van der Waals surface area contributed by atoms with E-state index in [2.05, 4.69) is 0 Å². The summed E-state index contributed by atoms with van der Waals surface area (Å²) >= 11 is 10.9. The topological polar surface area (TPSA) is 26.0 Å². The lowest BCUT2D eigenvalue weighted by Crippen LogP contribution is -2.12. The van der Waals surface area contributed by atoms with Crippen LogP contribution in [0.5, 0.6) is 0 Å². The van der Waals surface area contributed by atoms with E-state index in [0.29, 0.717) is 0 Å². The first kappa shape index (κ1) is 11.5. The van der Waals surface area contributed by atoms with Crippen LogP contribution in [-0.4, -0.2) is 0 Å². The lowest BCUT2D eigenvalue weighted by Gasteiger charge is -2.14. The molecule has 14 heavy (non-hydrogen) atoms. The summed E-state index contributed by atoms with van der Waals surface area (Å²) in [7, 11) is 0. The summed E-state index contributed by atoms with van der Waals surface area (Å²) in [6.45, 7) is 0. The van der Waals surface area contributed by atoms with Crippen molar-refractivity contribution in [2.75, 3.05) is 5.73 Å². The fourth-order valence-corrected chi connectivity index (χ4v) is 1.68. The molecule has 0 bridgehead atoms. The van der Waals surface area contributed by atoms with E-state index < -0.39 is 11.7 Å². The minimum absolute atomic E-state index is 0.0264. The molecule has 0 atom stereocenters. The molecule has 0 aliphatic heterocycles. The number of rotatable bonds is 1. The van der Waals surface area contributed by atoms with Crippen LogP contribution in [0.2, 0.25) is 5.02 Å². The Morgan fingerprint density at radius 1 is 1.29 bits per heavy atom. The highest BCUT2D eigenvalue weighted by Gasteiger charge is 2.36. The normalized spacial score (nSPS) is 11.8. The van der Waals surface area contributed by atoms with Crippen molar-refractivity contribution in [1.29, 1.82) is 0 Å². The van der Waals surface area contributed by atoms with Crippen LogP contribution in [0, 0.1) is 0 Å². The Bertz CT molecular complexity index is 349. The molecule has 0 aromatic heterocycles. The number of nitrogens with two attached hydrogens (primary N) is 1. The van der Waals surface area contributed by atoms with Gasteiger partial charge in [-0.1, -0.05) is 11.6 Å². The van der Waals surface area contributed by atoms with Gasteiger partial charge in [-0.15, -0.1) is 11.6 Å². The zero-order chi connectivity index (χ0) is 10.9. The summed E-state index contributed by atoms with van der Waals surface area (Å²) in [4.78, 5) is 0. The van der Waals surface area contributed by atoms with Crippen molar-refractivity contribution in [3.05, 3.63) is 28.3 Å². The van der Waals surface area contributed by atoms with Gasteiger partial charge in [0.25, 0.3) is 0 Å². The van der Waals surface area contributed by atoms with Crippen LogP contribution in [0.3, 0.4) is 0 Å². The predicted octanol–water partition coefficient (Wildman–Crippen LogP) is 3.68. The Labute approximate surface area is 88.6 Å². The first-order valence-corrected chi connectivity index (χ1v) is 4.49. The second-order valence-corrected chi connectivity index (χ2v) is 3.30. The second kappa shape index (κ2) is 3.87. The fourth-order valence-electron chi connectivity index (χ4n) is 1.11. The Morgan fingerprint density at radius 2 is 1.86 bits per heavy atom. The molecule has 0 aliphatic rings. The van der Waals surface area contributed by atoms with Crippen molar-refractivity contribution < 1.29 is 13.2 Å². The molecule has 0 fully saturated rings. The monoisotopic (exact) mass is 243 g/mol. The van der Waals surface area contributed by atoms with E-state index >= 15 is 0 Å². The number of hydrogen-bond donors (Lipinski definition) is 1. The third-order valence-electron chi connectivity index (χ3n) is 1.71. The number of nitrogen functional groups attached to an aromatic ring is 1. The van der Waals surface area contributed by atoms with E-state index in [-0.39, 0.29) is 22.2 Å². The first-order chi connectivity index (χ1) is 6.38. The zero-order valence-electron chi connectivity index (χ0n) is 6.83. The average molecular weight is 244 g/mol. The van der Waals surface area contributed by atoms with Crippen LogP contribution in [0.15, 0.2) is 12.1 Å². The van der Waals surface area contributed by atoms with Crippen LogP contribution in [-0.2, 0) is 12.1 Å². The van der Waals surface area contributed by atoms with Gasteiger partial charge in [0.05, 0.1) is 5.56 Å². The highest BCUT2D eigenvalue weighted by atomic mass is 35.5. The van der Waals surface area contributed by atoms with Crippen LogP contribution in [0.4, 0.5) is 18.9 Å². The van der Waals surface area contributed by atoms with E-state index in [9.17, 15) is 13.2 Å². The van der Waals surface area contributed by atoms with Crippen LogP contribution >= 0.6 is 23.2 Å². The fraction of sp³-hybridized carbons (Fsp3) is 0.250. The van der Waals surface area contributed by atoms with Crippen molar-refractivity contribution in [1.82, 2.24) is 0 Å². The van der Waals surface area contributed by atoms with Gasteiger partial charge < -0.3 is 5.73 Å². The molecular formula is C8H6Cl2F3N. The van der Waals surface area contributed by atoms with Crippen LogP contribution in [0.1, 0.15) is 11.1 Å². The Balaban J connectivity index is 3.46. The van der Waals surface area contributed by atoms with Crippen molar-refractivity contribution >= 4 is 28.9 Å². The molecule has 1 rings (SSSR count). The third-order valence-corrected chi connectivity index (χ3v) is 2.33. The van der Waals surface area contributed by atoms with Crippen molar-refractivity contribution in [3.63, 3.8) is 0 Å². The van der Waals surface area contributed by atoms with E-state index in [1.807, 2.05) is 0 Å². The van der Waals surface area contributed by atoms with Gasteiger partial charge in [-0.3, -0.25) is 0 Å². The number of hydrogen-bond acceptors (Lipinski definition) is 1. The van der Waals surface area contributed by atoms with Gasteiger partial charge >= 0.3 is 6.18 Å². The number of benzene rings is 1. The molecule has 0 saturated carbocycles. The Hall–Kier alpha value is -0.610. The molecule has 0 heterocycles. The maximum Gasteiger partial charge on any atom is 0.418 e. The molecule has 0 unspecified atom stereocenters. The molecular weight excluding hydrogens is 238 g/mol. The van der Waals surface area contributed by atoms with E-state index in [0.717, 1.165) is 6.07 Å². The Kier molecular flexibility index (Phi) is 3.17. The Morgan fingerprint density at radius 3 is 2.21 bits per heavy atom. The molecule has 0 spiro atoms. The number of alkyl halides is 4. The highest BCUT2D eigenvalue weighted by Crippen LogP contribution is 2.39. The predicted molar refractivity (Wildman–Crippen MR) is 50.4 cm³/mol. The minimum Gasteiger partial charge on any atom is -0.398 e.